The van der Waals surface area contributed by atoms with E-state index >= 15 is 0 Å². The number of halogens is 3. The Morgan fingerprint density at radius 2 is 1.93 bits per heavy atom. The average molecular weight is 395 g/mol. The molecule has 0 spiro atoms. The predicted octanol–water partition coefficient (Wildman–Crippen LogP) is 3.30. The quantitative estimate of drug-likeness (QED) is 0.835. The van der Waals surface area contributed by atoms with Crippen molar-refractivity contribution in [3.05, 3.63) is 57.8 Å². The standard InChI is InChI=1S/C19H20F3N3O3/c1-11-6-7-25(14-2-4-15(26)5-3-14)18(28)16(11)17(27)24-13-8-12(9-23-10-13)19(20,21)22/h6-10,14-15,26H,2-5H2,1H3,(H,24,27). The summed E-state index contributed by atoms with van der Waals surface area (Å²) in [7, 11) is 0. The maximum atomic E-state index is 12.9. The number of anilines is 1. The van der Waals surface area contributed by atoms with Crippen LogP contribution in [-0.4, -0.2) is 26.7 Å². The van der Waals surface area contributed by atoms with Crippen molar-refractivity contribution in [2.45, 2.75) is 50.9 Å². The average Bonchev–Trinajstić information content (AvgIpc) is 2.62. The molecule has 2 heterocycles. The summed E-state index contributed by atoms with van der Waals surface area (Å²) in [4.78, 5) is 29.0. The molecular weight excluding hydrogens is 375 g/mol. The minimum absolute atomic E-state index is 0.119. The van der Waals surface area contributed by atoms with Gasteiger partial charge in [0.25, 0.3) is 11.5 Å². The third-order valence-corrected chi connectivity index (χ3v) is 4.94. The van der Waals surface area contributed by atoms with E-state index in [9.17, 15) is 27.9 Å². The second-order valence-corrected chi connectivity index (χ2v) is 6.96. The van der Waals surface area contributed by atoms with Gasteiger partial charge in [0.15, 0.2) is 0 Å². The highest BCUT2D eigenvalue weighted by atomic mass is 19.4. The van der Waals surface area contributed by atoms with Gasteiger partial charge < -0.3 is 15.0 Å². The molecule has 0 atom stereocenters. The minimum atomic E-state index is -4.59. The highest BCUT2D eigenvalue weighted by Gasteiger charge is 2.31. The van der Waals surface area contributed by atoms with Crippen LogP contribution in [0.4, 0.5) is 18.9 Å². The number of hydrogen-bond donors (Lipinski definition) is 2. The molecule has 0 saturated heterocycles. The molecule has 1 aliphatic carbocycles. The molecule has 0 bridgehead atoms. The molecule has 0 unspecified atom stereocenters. The number of nitrogens with zero attached hydrogens (tertiary/aromatic N) is 2. The molecule has 2 N–H and O–H groups in total. The Labute approximate surface area is 159 Å². The lowest BCUT2D eigenvalue weighted by Gasteiger charge is -2.27. The van der Waals surface area contributed by atoms with Crippen LogP contribution in [0.3, 0.4) is 0 Å². The van der Waals surface area contributed by atoms with Crippen LogP contribution in [0.1, 0.15) is 53.2 Å². The summed E-state index contributed by atoms with van der Waals surface area (Å²) in [5, 5.41) is 12.0. The highest BCUT2D eigenvalue weighted by molar-refractivity contribution is 6.04. The Hall–Kier alpha value is -2.68. The number of carbonyl (C=O) groups is 1. The zero-order chi connectivity index (χ0) is 20.5. The number of aryl methyl sites for hydroxylation is 1. The van der Waals surface area contributed by atoms with Crippen LogP contribution < -0.4 is 10.9 Å². The molecule has 150 valence electrons. The fourth-order valence-electron chi connectivity index (χ4n) is 3.40. The van der Waals surface area contributed by atoms with E-state index in [1.165, 1.54) is 4.57 Å². The zero-order valence-electron chi connectivity index (χ0n) is 15.2. The Morgan fingerprint density at radius 3 is 2.57 bits per heavy atom. The predicted molar refractivity (Wildman–Crippen MR) is 96.1 cm³/mol. The topological polar surface area (TPSA) is 84.2 Å². The van der Waals surface area contributed by atoms with Crippen LogP contribution >= 0.6 is 0 Å². The summed E-state index contributed by atoms with van der Waals surface area (Å²) in [6, 6.07) is 2.27. The van der Waals surface area contributed by atoms with Gasteiger partial charge in [-0.25, -0.2) is 0 Å². The molecule has 1 aliphatic rings. The van der Waals surface area contributed by atoms with E-state index in [0.717, 1.165) is 12.3 Å². The second-order valence-electron chi connectivity index (χ2n) is 6.96. The Kier molecular flexibility index (Phi) is 5.55. The van der Waals surface area contributed by atoms with E-state index in [-0.39, 0.29) is 23.4 Å². The minimum Gasteiger partial charge on any atom is -0.393 e. The van der Waals surface area contributed by atoms with Crippen molar-refractivity contribution in [1.82, 2.24) is 9.55 Å². The number of aliphatic hydroxyl groups is 1. The first-order valence-electron chi connectivity index (χ1n) is 8.90. The fourth-order valence-corrected chi connectivity index (χ4v) is 3.40. The van der Waals surface area contributed by atoms with E-state index < -0.39 is 23.2 Å². The molecule has 1 saturated carbocycles. The van der Waals surface area contributed by atoms with Crippen molar-refractivity contribution >= 4 is 11.6 Å². The number of rotatable bonds is 3. The summed E-state index contributed by atoms with van der Waals surface area (Å²) < 4.78 is 39.9. The SMILES string of the molecule is Cc1ccn(C2CCC(O)CC2)c(=O)c1C(=O)Nc1cncc(C(F)(F)F)c1. The maximum Gasteiger partial charge on any atom is 0.417 e. The number of pyridine rings is 2. The number of aromatic nitrogens is 2. The van der Waals surface area contributed by atoms with Crippen LogP contribution in [0, 0.1) is 6.92 Å². The van der Waals surface area contributed by atoms with Crippen molar-refractivity contribution in [1.29, 1.82) is 0 Å². The molecule has 1 fully saturated rings. The summed E-state index contributed by atoms with van der Waals surface area (Å²) in [5.41, 5.74) is -1.33. The van der Waals surface area contributed by atoms with Crippen LogP contribution in [0.5, 0.6) is 0 Å². The highest BCUT2D eigenvalue weighted by Crippen LogP contribution is 2.30. The molecule has 0 radical (unpaired) electrons. The van der Waals surface area contributed by atoms with Gasteiger partial charge in [0.1, 0.15) is 5.56 Å². The molecule has 0 aliphatic heterocycles. The van der Waals surface area contributed by atoms with Gasteiger partial charge in [-0.2, -0.15) is 13.2 Å². The first-order chi connectivity index (χ1) is 13.2. The van der Waals surface area contributed by atoms with Crippen molar-refractivity contribution in [3.8, 4) is 0 Å². The third-order valence-electron chi connectivity index (χ3n) is 4.94. The lowest BCUT2D eigenvalue weighted by Crippen LogP contribution is -2.34. The van der Waals surface area contributed by atoms with Crippen molar-refractivity contribution in [2.75, 3.05) is 5.32 Å². The smallest absolute Gasteiger partial charge is 0.393 e. The molecule has 6 nitrogen and oxygen atoms in total. The molecular formula is C19H20F3N3O3. The lowest BCUT2D eigenvalue weighted by molar-refractivity contribution is -0.137. The lowest BCUT2D eigenvalue weighted by atomic mass is 9.92. The van der Waals surface area contributed by atoms with E-state index in [2.05, 4.69) is 10.3 Å². The van der Waals surface area contributed by atoms with Crippen molar-refractivity contribution in [2.24, 2.45) is 0 Å². The molecule has 1 amide bonds. The molecule has 3 rings (SSSR count). The summed E-state index contributed by atoms with van der Waals surface area (Å²) >= 11 is 0. The second kappa shape index (κ2) is 7.75. The van der Waals surface area contributed by atoms with Crippen LogP contribution in [0.25, 0.3) is 0 Å². The van der Waals surface area contributed by atoms with Gasteiger partial charge in [0.05, 0.1) is 23.6 Å². The first kappa shape index (κ1) is 20.1. The van der Waals surface area contributed by atoms with Crippen LogP contribution in [0.2, 0.25) is 0 Å². The van der Waals surface area contributed by atoms with Crippen molar-refractivity contribution in [3.63, 3.8) is 0 Å². The molecule has 9 heteroatoms. The van der Waals surface area contributed by atoms with Gasteiger partial charge >= 0.3 is 6.18 Å². The number of nitrogens with one attached hydrogen (secondary N) is 1. The van der Waals surface area contributed by atoms with E-state index in [1.807, 2.05) is 0 Å². The van der Waals surface area contributed by atoms with E-state index in [4.69, 9.17) is 0 Å². The van der Waals surface area contributed by atoms with Crippen molar-refractivity contribution < 1.29 is 23.1 Å². The van der Waals surface area contributed by atoms with E-state index in [0.29, 0.717) is 37.4 Å². The zero-order valence-corrected chi connectivity index (χ0v) is 15.2. The number of aliphatic hydroxyl groups excluding tert-OH is 1. The monoisotopic (exact) mass is 395 g/mol. The van der Waals surface area contributed by atoms with E-state index in [1.54, 1.807) is 19.2 Å². The van der Waals surface area contributed by atoms with Gasteiger partial charge in [-0.05, 0) is 50.3 Å². The van der Waals surface area contributed by atoms with Gasteiger partial charge in [-0.15, -0.1) is 0 Å². The Balaban J connectivity index is 1.88. The number of alkyl halides is 3. The third kappa shape index (κ3) is 4.24. The largest absolute Gasteiger partial charge is 0.417 e. The maximum absolute atomic E-state index is 12.9. The van der Waals surface area contributed by atoms with Gasteiger partial charge in [-0.3, -0.25) is 14.6 Å². The number of hydrogen-bond acceptors (Lipinski definition) is 4. The molecule has 2 aromatic heterocycles. The number of carbonyl (C=O) groups excluding carboxylic acids is 1. The first-order valence-corrected chi connectivity index (χ1v) is 8.90. The Bertz CT molecular complexity index is 932. The Morgan fingerprint density at radius 1 is 1.25 bits per heavy atom. The molecule has 28 heavy (non-hydrogen) atoms. The summed E-state index contributed by atoms with van der Waals surface area (Å²) in [6.07, 6.45) is 0.766. The van der Waals surface area contributed by atoms with Gasteiger partial charge in [0, 0.05) is 18.4 Å². The summed E-state index contributed by atoms with van der Waals surface area (Å²) in [5.74, 6) is -0.784. The van der Waals surface area contributed by atoms with Crippen LogP contribution in [-0.2, 0) is 6.18 Å². The summed E-state index contributed by atoms with van der Waals surface area (Å²) in [6.45, 7) is 1.59. The number of amides is 1. The molecule has 0 aromatic carbocycles. The molecule has 2 aromatic rings. The van der Waals surface area contributed by atoms with Crippen LogP contribution in [0.15, 0.2) is 35.5 Å². The fraction of sp³-hybridized carbons (Fsp3) is 0.421. The van der Waals surface area contributed by atoms with Gasteiger partial charge in [0.2, 0.25) is 0 Å². The normalized spacial score (nSPS) is 20.0. The van der Waals surface area contributed by atoms with Gasteiger partial charge in [-0.1, -0.05) is 0 Å².